The summed E-state index contributed by atoms with van der Waals surface area (Å²) < 4.78 is 0. The summed E-state index contributed by atoms with van der Waals surface area (Å²) in [4.78, 5) is 34.0. The molecular formula is C19H22N4O2. The van der Waals surface area contributed by atoms with Crippen LogP contribution in [0.15, 0.2) is 33.9 Å². The first-order valence-corrected chi connectivity index (χ1v) is 8.33. The van der Waals surface area contributed by atoms with Gasteiger partial charge in [-0.25, -0.2) is 4.98 Å². The summed E-state index contributed by atoms with van der Waals surface area (Å²) >= 11 is 0. The number of nitrogens with zero attached hydrogens (tertiary/aromatic N) is 1. The number of H-pyrrole nitrogens is 2. The highest BCUT2D eigenvalue weighted by Crippen LogP contribution is 2.16. The number of rotatable bonds is 5. The molecule has 3 N–H and O–H groups in total. The first-order valence-electron chi connectivity index (χ1n) is 8.33. The van der Waals surface area contributed by atoms with E-state index in [4.69, 9.17) is 0 Å². The zero-order valence-corrected chi connectivity index (χ0v) is 14.7. The molecule has 0 aliphatic rings. The molecule has 0 radical (unpaired) electrons. The molecule has 0 unspecified atom stereocenters. The third kappa shape index (κ3) is 4.03. The van der Waals surface area contributed by atoms with Gasteiger partial charge in [-0.1, -0.05) is 6.07 Å². The summed E-state index contributed by atoms with van der Waals surface area (Å²) in [6, 6.07) is 7.14. The van der Waals surface area contributed by atoms with E-state index in [1.807, 2.05) is 19.9 Å². The number of pyridine rings is 1. The summed E-state index contributed by atoms with van der Waals surface area (Å²) in [6.07, 6.45) is 0.654. The van der Waals surface area contributed by atoms with Gasteiger partial charge in [0.05, 0.1) is 5.52 Å². The van der Waals surface area contributed by atoms with Crippen LogP contribution in [-0.4, -0.2) is 21.5 Å². The van der Waals surface area contributed by atoms with Crippen LogP contribution in [0.2, 0.25) is 0 Å². The summed E-state index contributed by atoms with van der Waals surface area (Å²) in [5.41, 5.74) is 4.55. The van der Waals surface area contributed by atoms with Crippen molar-refractivity contribution in [1.82, 2.24) is 20.3 Å². The Morgan fingerprint density at radius 1 is 1.04 bits per heavy atom. The molecule has 6 heteroatoms. The number of hydrogen-bond donors (Lipinski definition) is 3. The fourth-order valence-corrected chi connectivity index (χ4v) is 3.06. The first kappa shape index (κ1) is 17.1. The molecule has 0 aliphatic heterocycles. The lowest BCUT2D eigenvalue weighted by Crippen LogP contribution is -2.20. The summed E-state index contributed by atoms with van der Waals surface area (Å²) in [5.74, 6) is 0.618. The van der Waals surface area contributed by atoms with Crippen molar-refractivity contribution < 1.29 is 0 Å². The van der Waals surface area contributed by atoms with E-state index < -0.39 is 0 Å². The topological polar surface area (TPSA) is 90.6 Å². The minimum atomic E-state index is -0.132. The predicted octanol–water partition coefficient (Wildman–Crippen LogP) is 1.87. The molecule has 0 fully saturated rings. The minimum Gasteiger partial charge on any atom is -0.357 e. The van der Waals surface area contributed by atoms with Crippen LogP contribution in [0.3, 0.4) is 0 Å². The van der Waals surface area contributed by atoms with Crippen molar-refractivity contribution in [3.63, 3.8) is 0 Å². The normalized spacial score (nSPS) is 11.2. The largest absolute Gasteiger partial charge is 0.357 e. The maximum Gasteiger partial charge on any atom is 0.251 e. The number of aryl methyl sites for hydroxylation is 3. The molecule has 3 rings (SSSR count). The van der Waals surface area contributed by atoms with Gasteiger partial charge in [0.2, 0.25) is 0 Å². The number of fused-ring (bicyclic) bond motifs is 1. The van der Waals surface area contributed by atoms with Gasteiger partial charge in [-0.2, -0.15) is 0 Å². The Balaban J connectivity index is 1.69. The van der Waals surface area contributed by atoms with Gasteiger partial charge in [0.15, 0.2) is 5.43 Å². The molecule has 2 aromatic heterocycles. The molecule has 130 valence electrons. The van der Waals surface area contributed by atoms with E-state index in [0.717, 1.165) is 33.4 Å². The third-order valence-corrected chi connectivity index (χ3v) is 4.12. The maximum absolute atomic E-state index is 12.3. The second-order valence-corrected chi connectivity index (χ2v) is 6.41. The molecule has 3 aromatic rings. The first-order chi connectivity index (χ1) is 11.9. The van der Waals surface area contributed by atoms with E-state index in [0.29, 0.717) is 25.3 Å². The molecular weight excluding hydrogens is 316 g/mol. The molecule has 0 amide bonds. The van der Waals surface area contributed by atoms with Gasteiger partial charge in [-0.3, -0.25) is 9.59 Å². The highest BCUT2D eigenvalue weighted by Gasteiger charge is 2.06. The second-order valence-electron chi connectivity index (χ2n) is 6.41. The van der Waals surface area contributed by atoms with Crippen LogP contribution in [0.4, 0.5) is 0 Å². The van der Waals surface area contributed by atoms with E-state index in [1.54, 1.807) is 13.0 Å². The number of aromatic amines is 2. The average Bonchev–Trinajstić information content (AvgIpc) is 2.52. The molecule has 2 heterocycles. The smallest absolute Gasteiger partial charge is 0.251 e. The summed E-state index contributed by atoms with van der Waals surface area (Å²) in [6.45, 7) is 6.99. The van der Waals surface area contributed by atoms with Crippen LogP contribution >= 0.6 is 0 Å². The van der Waals surface area contributed by atoms with Gasteiger partial charge < -0.3 is 15.3 Å². The van der Waals surface area contributed by atoms with Crippen LogP contribution in [0.1, 0.15) is 28.3 Å². The average molecular weight is 338 g/mol. The van der Waals surface area contributed by atoms with Gasteiger partial charge >= 0.3 is 0 Å². The van der Waals surface area contributed by atoms with Crippen molar-refractivity contribution in [3.8, 4) is 0 Å². The Hall–Kier alpha value is -2.73. The monoisotopic (exact) mass is 338 g/mol. The summed E-state index contributed by atoms with van der Waals surface area (Å²) in [7, 11) is 0. The highest BCUT2D eigenvalue weighted by molar-refractivity contribution is 5.82. The summed E-state index contributed by atoms with van der Waals surface area (Å²) in [5, 5.41) is 4.02. The number of aromatic nitrogens is 3. The zero-order chi connectivity index (χ0) is 18.0. The highest BCUT2D eigenvalue weighted by atomic mass is 16.1. The van der Waals surface area contributed by atoms with Gasteiger partial charge in [0, 0.05) is 48.4 Å². The molecule has 0 saturated heterocycles. The van der Waals surface area contributed by atoms with Gasteiger partial charge in [0.25, 0.3) is 5.56 Å². The Kier molecular flexibility index (Phi) is 4.81. The molecule has 0 aliphatic carbocycles. The Labute approximate surface area is 145 Å². The molecule has 0 spiro atoms. The van der Waals surface area contributed by atoms with Crippen LogP contribution < -0.4 is 16.3 Å². The molecule has 0 atom stereocenters. The molecule has 0 bridgehead atoms. The fourth-order valence-electron chi connectivity index (χ4n) is 3.06. The number of nitrogens with one attached hydrogen (secondary N) is 3. The van der Waals surface area contributed by atoms with Crippen molar-refractivity contribution in [3.05, 3.63) is 73.2 Å². The number of hydrogen-bond acceptors (Lipinski definition) is 4. The van der Waals surface area contributed by atoms with E-state index in [1.165, 1.54) is 6.07 Å². The van der Waals surface area contributed by atoms with Gasteiger partial charge in [-0.15, -0.1) is 0 Å². The van der Waals surface area contributed by atoms with Crippen LogP contribution in [0, 0.1) is 20.8 Å². The lowest BCUT2D eigenvalue weighted by molar-refractivity contribution is 0.667. The lowest BCUT2D eigenvalue weighted by Gasteiger charge is -2.09. The van der Waals surface area contributed by atoms with E-state index in [9.17, 15) is 9.59 Å². The van der Waals surface area contributed by atoms with Crippen molar-refractivity contribution >= 4 is 10.9 Å². The zero-order valence-electron chi connectivity index (χ0n) is 14.7. The fraction of sp³-hybridized carbons (Fsp3) is 0.316. The SMILES string of the molecule is Cc1cc(C)c2[nH]c(CNCCc3cc(=O)[nH]c(C)n3)cc(=O)c2c1. The maximum atomic E-state index is 12.3. The number of benzene rings is 1. The van der Waals surface area contributed by atoms with E-state index in [2.05, 4.69) is 26.3 Å². The molecule has 25 heavy (non-hydrogen) atoms. The quantitative estimate of drug-likeness (QED) is 0.620. The van der Waals surface area contributed by atoms with Crippen molar-refractivity contribution in [2.75, 3.05) is 6.54 Å². The van der Waals surface area contributed by atoms with Gasteiger partial charge in [-0.05, 0) is 38.0 Å². The van der Waals surface area contributed by atoms with Crippen LogP contribution in [0.5, 0.6) is 0 Å². The lowest BCUT2D eigenvalue weighted by atomic mass is 10.1. The Bertz CT molecular complexity index is 1030. The minimum absolute atomic E-state index is 0.0317. The van der Waals surface area contributed by atoms with Crippen LogP contribution in [0.25, 0.3) is 10.9 Å². The Morgan fingerprint density at radius 3 is 2.60 bits per heavy atom. The van der Waals surface area contributed by atoms with Crippen molar-refractivity contribution in [2.24, 2.45) is 0 Å². The molecule has 1 aromatic carbocycles. The van der Waals surface area contributed by atoms with E-state index >= 15 is 0 Å². The Morgan fingerprint density at radius 2 is 1.84 bits per heavy atom. The molecule has 0 saturated carbocycles. The molecule has 6 nitrogen and oxygen atoms in total. The van der Waals surface area contributed by atoms with Crippen LogP contribution in [-0.2, 0) is 13.0 Å². The third-order valence-electron chi connectivity index (χ3n) is 4.12. The second kappa shape index (κ2) is 7.03. The van der Waals surface area contributed by atoms with Crippen molar-refractivity contribution in [2.45, 2.75) is 33.7 Å². The van der Waals surface area contributed by atoms with E-state index in [-0.39, 0.29) is 11.0 Å². The standard InChI is InChI=1S/C19H22N4O2/c1-11-6-12(2)19-16(7-11)17(24)8-15(23-19)10-20-5-4-14-9-18(25)22-13(3)21-14/h6-9,20H,4-5,10H2,1-3H3,(H,23,24)(H,21,22,25). The predicted molar refractivity (Wildman–Crippen MR) is 99.0 cm³/mol. The van der Waals surface area contributed by atoms with Crippen molar-refractivity contribution in [1.29, 1.82) is 0 Å². The van der Waals surface area contributed by atoms with Gasteiger partial charge in [0.1, 0.15) is 5.82 Å².